The van der Waals surface area contributed by atoms with Crippen LogP contribution in [0.2, 0.25) is 0 Å². The van der Waals surface area contributed by atoms with Gasteiger partial charge in [0, 0.05) is 0 Å². The highest BCUT2D eigenvalue weighted by atomic mass is 16.5. The largest absolute Gasteiger partial charge is 0.490 e. The van der Waals surface area contributed by atoms with Crippen LogP contribution >= 0.6 is 0 Å². The van der Waals surface area contributed by atoms with Gasteiger partial charge in [-0.05, 0) is 80.0 Å². The van der Waals surface area contributed by atoms with E-state index in [2.05, 4.69) is 18.2 Å². The number of rotatable bonds is 2. The lowest BCUT2D eigenvalue weighted by Gasteiger charge is -2.37. The average molecular weight is 256 g/mol. The molecule has 19 heavy (non-hydrogen) atoms. The SMILES string of the molecule is c1cc2c(cc1OC1CCC1)C1CCCCC1CC2. The van der Waals surface area contributed by atoms with E-state index in [0.717, 1.165) is 17.6 Å². The molecule has 0 amide bonds. The second kappa shape index (κ2) is 4.85. The van der Waals surface area contributed by atoms with Gasteiger partial charge < -0.3 is 4.74 Å². The third kappa shape index (κ3) is 2.17. The summed E-state index contributed by atoms with van der Waals surface area (Å²) < 4.78 is 6.10. The predicted molar refractivity (Wildman–Crippen MR) is 77.7 cm³/mol. The van der Waals surface area contributed by atoms with Crippen LogP contribution in [0.25, 0.3) is 0 Å². The quantitative estimate of drug-likeness (QED) is 0.736. The zero-order valence-electron chi connectivity index (χ0n) is 11.7. The maximum Gasteiger partial charge on any atom is 0.120 e. The number of aryl methyl sites for hydroxylation is 1. The molecule has 0 saturated heterocycles. The molecule has 1 aromatic carbocycles. The van der Waals surface area contributed by atoms with E-state index in [0.29, 0.717) is 6.10 Å². The Bertz CT molecular complexity index is 461. The smallest absolute Gasteiger partial charge is 0.120 e. The van der Waals surface area contributed by atoms with E-state index in [1.165, 1.54) is 57.8 Å². The van der Waals surface area contributed by atoms with E-state index in [1.54, 1.807) is 11.1 Å². The molecule has 0 aromatic heterocycles. The van der Waals surface area contributed by atoms with E-state index in [4.69, 9.17) is 4.74 Å². The third-order valence-electron chi connectivity index (χ3n) is 5.57. The van der Waals surface area contributed by atoms with Crippen molar-refractivity contribution in [1.82, 2.24) is 0 Å². The summed E-state index contributed by atoms with van der Waals surface area (Å²) in [4.78, 5) is 0. The van der Waals surface area contributed by atoms with Crippen molar-refractivity contribution in [2.75, 3.05) is 0 Å². The van der Waals surface area contributed by atoms with Crippen LogP contribution in [0.15, 0.2) is 18.2 Å². The van der Waals surface area contributed by atoms with Crippen molar-refractivity contribution in [3.8, 4) is 5.75 Å². The van der Waals surface area contributed by atoms with Gasteiger partial charge in [0.05, 0.1) is 6.10 Å². The van der Waals surface area contributed by atoms with Crippen LogP contribution in [-0.4, -0.2) is 6.10 Å². The van der Waals surface area contributed by atoms with Gasteiger partial charge in [-0.1, -0.05) is 18.9 Å². The molecule has 1 aromatic rings. The van der Waals surface area contributed by atoms with Gasteiger partial charge in [0.2, 0.25) is 0 Å². The summed E-state index contributed by atoms with van der Waals surface area (Å²) in [6.45, 7) is 0. The van der Waals surface area contributed by atoms with Crippen LogP contribution in [0.3, 0.4) is 0 Å². The summed E-state index contributed by atoms with van der Waals surface area (Å²) in [7, 11) is 0. The van der Waals surface area contributed by atoms with Gasteiger partial charge in [-0.2, -0.15) is 0 Å². The van der Waals surface area contributed by atoms with E-state index >= 15 is 0 Å². The van der Waals surface area contributed by atoms with Gasteiger partial charge in [-0.15, -0.1) is 0 Å². The number of fused-ring (bicyclic) bond motifs is 3. The van der Waals surface area contributed by atoms with Crippen molar-refractivity contribution < 1.29 is 4.74 Å². The summed E-state index contributed by atoms with van der Waals surface area (Å²) in [5.74, 6) is 2.93. The first-order valence-corrected chi connectivity index (χ1v) is 8.19. The van der Waals surface area contributed by atoms with Gasteiger partial charge in [-0.25, -0.2) is 0 Å². The molecule has 0 N–H and O–H groups in total. The van der Waals surface area contributed by atoms with Gasteiger partial charge in [0.15, 0.2) is 0 Å². The van der Waals surface area contributed by atoms with Crippen molar-refractivity contribution in [1.29, 1.82) is 0 Å². The summed E-state index contributed by atoms with van der Waals surface area (Å²) in [5, 5.41) is 0. The fraction of sp³-hybridized carbons (Fsp3) is 0.667. The second-order valence-corrected chi connectivity index (χ2v) is 6.72. The standard InChI is InChI=1S/C18H24O/c1-2-7-17-13(4-1)8-9-14-10-11-16(12-18(14)17)19-15-5-3-6-15/h10-13,15,17H,1-9H2. The Kier molecular flexibility index (Phi) is 3.01. The first-order chi connectivity index (χ1) is 9.40. The monoisotopic (exact) mass is 256 g/mol. The lowest BCUT2D eigenvalue weighted by Crippen LogP contribution is -2.26. The molecular formula is C18H24O. The van der Waals surface area contributed by atoms with E-state index < -0.39 is 0 Å². The van der Waals surface area contributed by atoms with Crippen molar-refractivity contribution in [2.45, 2.75) is 69.8 Å². The summed E-state index contributed by atoms with van der Waals surface area (Å²) >= 11 is 0. The maximum absolute atomic E-state index is 6.10. The highest BCUT2D eigenvalue weighted by Gasteiger charge is 2.32. The molecule has 2 unspecified atom stereocenters. The molecule has 1 nitrogen and oxygen atoms in total. The number of hydrogen-bond donors (Lipinski definition) is 0. The fourth-order valence-corrected chi connectivity index (χ4v) is 4.20. The molecule has 0 aliphatic heterocycles. The predicted octanol–water partition coefficient (Wildman–Crippen LogP) is 4.84. The molecular weight excluding hydrogens is 232 g/mol. The minimum absolute atomic E-state index is 0.504. The maximum atomic E-state index is 6.10. The number of benzene rings is 1. The lowest BCUT2D eigenvalue weighted by atomic mass is 9.68. The minimum Gasteiger partial charge on any atom is -0.490 e. The molecule has 1 heteroatoms. The van der Waals surface area contributed by atoms with E-state index in [-0.39, 0.29) is 0 Å². The zero-order valence-corrected chi connectivity index (χ0v) is 11.7. The van der Waals surface area contributed by atoms with Crippen molar-refractivity contribution in [2.24, 2.45) is 5.92 Å². The van der Waals surface area contributed by atoms with Crippen molar-refractivity contribution >= 4 is 0 Å². The Hall–Kier alpha value is -0.980. The van der Waals surface area contributed by atoms with Gasteiger partial charge in [-0.3, -0.25) is 0 Å². The molecule has 0 heterocycles. The Balaban J connectivity index is 1.60. The number of hydrogen-bond acceptors (Lipinski definition) is 1. The minimum atomic E-state index is 0.504. The van der Waals surface area contributed by atoms with Gasteiger partial charge in [0.25, 0.3) is 0 Å². The van der Waals surface area contributed by atoms with Crippen LogP contribution < -0.4 is 4.74 Å². The van der Waals surface area contributed by atoms with Crippen LogP contribution in [0.5, 0.6) is 5.75 Å². The normalized spacial score (nSPS) is 30.1. The molecule has 0 spiro atoms. The molecule has 3 aliphatic carbocycles. The summed E-state index contributed by atoms with van der Waals surface area (Å²) in [6, 6.07) is 6.93. The first kappa shape index (κ1) is 11.8. The first-order valence-electron chi connectivity index (χ1n) is 8.19. The van der Waals surface area contributed by atoms with Crippen LogP contribution in [0.4, 0.5) is 0 Å². The molecule has 0 radical (unpaired) electrons. The highest BCUT2D eigenvalue weighted by molar-refractivity contribution is 5.40. The Labute approximate surface area is 116 Å². The molecule has 2 fully saturated rings. The summed E-state index contributed by atoms with van der Waals surface area (Å²) in [6.07, 6.45) is 12.8. The average Bonchev–Trinajstić information content (AvgIpc) is 2.43. The Morgan fingerprint density at radius 2 is 1.79 bits per heavy atom. The van der Waals surface area contributed by atoms with Crippen molar-refractivity contribution in [3.05, 3.63) is 29.3 Å². The Morgan fingerprint density at radius 1 is 0.895 bits per heavy atom. The number of ether oxygens (including phenoxy) is 1. The Morgan fingerprint density at radius 3 is 2.63 bits per heavy atom. The molecule has 2 saturated carbocycles. The molecule has 102 valence electrons. The highest BCUT2D eigenvalue weighted by Crippen LogP contribution is 2.46. The molecule has 2 atom stereocenters. The molecule has 0 bridgehead atoms. The van der Waals surface area contributed by atoms with Crippen LogP contribution in [0.1, 0.15) is 68.4 Å². The van der Waals surface area contributed by atoms with Gasteiger partial charge in [0.1, 0.15) is 5.75 Å². The van der Waals surface area contributed by atoms with Crippen LogP contribution in [-0.2, 0) is 6.42 Å². The fourth-order valence-electron chi connectivity index (χ4n) is 4.20. The topological polar surface area (TPSA) is 9.23 Å². The second-order valence-electron chi connectivity index (χ2n) is 6.72. The summed E-state index contributed by atoms with van der Waals surface area (Å²) in [5.41, 5.74) is 3.23. The van der Waals surface area contributed by atoms with E-state index in [9.17, 15) is 0 Å². The zero-order chi connectivity index (χ0) is 12.7. The molecule has 3 aliphatic rings. The van der Waals surface area contributed by atoms with Crippen molar-refractivity contribution in [3.63, 3.8) is 0 Å². The third-order valence-corrected chi connectivity index (χ3v) is 5.57. The molecule has 4 rings (SSSR count). The van der Waals surface area contributed by atoms with E-state index in [1.807, 2.05) is 0 Å². The lowest BCUT2D eigenvalue weighted by molar-refractivity contribution is 0.120. The van der Waals surface area contributed by atoms with Gasteiger partial charge >= 0.3 is 0 Å². The van der Waals surface area contributed by atoms with Crippen LogP contribution in [0, 0.1) is 5.92 Å².